The standard InChI is InChI=1S/C19H15FN2O4/c20-16-4-2-1-3-14(16)17-7-11-5-6-12(8-15(11)18(24)21-17)22-9-13(10-23)26-19(22)25/h1-8,13,23H,9-10H2,(H,21,24). The molecular weight excluding hydrogens is 339 g/mol. The van der Waals surface area contributed by atoms with Crippen molar-refractivity contribution in [3.63, 3.8) is 0 Å². The number of rotatable bonds is 3. The molecule has 3 aromatic rings. The van der Waals surface area contributed by atoms with E-state index >= 15 is 0 Å². The Kier molecular flexibility index (Phi) is 3.93. The number of carbonyl (C=O) groups is 1. The van der Waals surface area contributed by atoms with Gasteiger partial charge in [-0.1, -0.05) is 18.2 Å². The van der Waals surface area contributed by atoms with Crippen molar-refractivity contribution in [1.82, 2.24) is 4.98 Å². The minimum atomic E-state index is -0.583. The van der Waals surface area contributed by atoms with Crippen LogP contribution in [0.1, 0.15) is 0 Å². The van der Waals surface area contributed by atoms with E-state index in [0.717, 1.165) is 0 Å². The fourth-order valence-electron chi connectivity index (χ4n) is 3.07. The van der Waals surface area contributed by atoms with Gasteiger partial charge in [-0.2, -0.15) is 0 Å². The smallest absolute Gasteiger partial charge is 0.414 e. The van der Waals surface area contributed by atoms with Crippen molar-refractivity contribution in [3.8, 4) is 11.3 Å². The molecule has 26 heavy (non-hydrogen) atoms. The zero-order valence-corrected chi connectivity index (χ0v) is 13.6. The van der Waals surface area contributed by atoms with Crippen LogP contribution in [0.5, 0.6) is 0 Å². The number of anilines is 1. The zero-order valence-electron chi connectivity index (χ0n) is 13.6. The minimum absolute atomic E-state index is 0.214. The lowest BCUT2D eigenvalue weighted by molar-refractivity contribution is 0.0963. The highest BCUT2D eigenvalue weighted by Gasteiger charge is 2.31. The third-order valence-corrected chi connectivity index (χ3v) is 4.38. The molecule has 2 heterocycles. The number of fused-ring (bicyclic) bond motifs is 1. The monoisotopic (exact) mass is 354 g/mol. The fraction of sp³-hybridized carbons (Fsp3) is 0.158. The number of carbonyl (C=O) groups excluding carboxylic acids is 1. The number of halogens is 1. The van der Waals surface area contributed by atoms with Crippen molar-refractivity contribution in [2.45, 2.75) is 6.10 Å². The molecule has 0 bridgehead atoms. The van der Waals surface area contributed by atoms with Crippen LogP contribution >= 0.6 is 0 Å². The van der Waals surface area contributed by atoms with E-state index in [0.29, 0.717) is 27.7 Å². The van der Waals surface area contributed by atoms with Gasteiger partial charge in [0.05, 0.1) is 18.8 Å². The molecule has 2 N–H and O–H groups in total. The average Bonchev–Trinajstić information content (AvgIpc) is 3.03. The highest BCUT2D eigenvalue weighted by Crippen LogP contribution is 2.27. The number of amides is 1. The molecule has 0 aliphatic carbocycles. The number of aliphatic hydroxyl groups is 1. The summed E-state index contributed by atoms with van der Waals surface area (Å²) in [5, 5.41) is 10.1. The predicted octanol–water partition coefficient (Wildman–Crippen LogP) is 2.65. The van der Waals surface area contributed by atoms with Crippen molar-refractivity contribution in [2.75, 3.05) is 18.1 Å². The molecule has 2 aromatic carbocycles. The number of hydrogen-bond donors (Lipinski definition) is 2. The van der Waals surface area contributed by atoms with E-state index in [1.54, 1.807) is 42.5 Å². The van der Waals surface area contributed by atoms with Crippen molar-refractivity contribution < 1.29 is 19.0 Å². The summed E-state index contributed by atoms with van der Waals surface area (Å²) >= 11 is 0. The maximum Gasteiger partial charge on any atom is 0.414 e. The molecule has 0 spiro atoms. The maximum absolute atomic E-state index is 14.0. The van der Waals surface area contributed by atoms with Crippen LogP contribution in [0.3, 0.4) is 0 Å². The van der Waals surface area contributed by atoms with E-state index in [9.17, 15) is 14.0 Å². The van der Waals surface area contributed by atoms with Gasteiger partial charge >= 0.3 is 6.09 Å². The first-order valence-electron chi connectivity index (χ1n) is 8.08. The molecular formula is C19H15FN2O4. The van der Waals surface area contributed by atoms with Crippen molar-refractivity contribution in [1.29, 1.82) is 0 Å². The number of aliphatic hydroxyl groups excluding tert-OH is 1. The van der Waals surface area contributed by atoms with Crippen molar-refractivity contribution in [3.05, 3.63) is 64.7 Å². The summed E-state index contributed by atoms with van der Waals surface area (Å²) < 4.78 is 19.0. The molecule has 1 unspecified atom stereocenters. The largest absolute Gasteiger partial charge is 0.441 e. The lowest BCUT2D eigenvalue weighted by Gasteiger charge is -2.14. The van der Waals surface area contributed by atoms with E-state index in [1.807, 2.05) is 0 Å². The maximum atomic E-state index is 14.0. The first-order valence-corrected chi connectivity index (χ1v) is 8.08. The molecule has 1 saturated heterocycles. The van der Waals surface area contributed by atoms with Crippen LogP contribution in [0, 0.1) is 5.82 Å². The van der Waals surface area contributed by atoms with Gasteiger partial charge in [-0.05, 0) is 35.7 Å². The van der Waals surface area contributed by atoms with Gasteiger partial charge in [0.1, 0.15) is 11.9 Å². The van der Waals surface area contributed by atoms with E-state index in [-0.39, 0.29) is 18.7 Å². The molecule has 6 nitrogen and oxygen atoms in total. The molecule has 1 aliphatic rings. The van der Waals surface area contributed by atoms with Crippen LogP contribution in [-0.4, -0.2) is 35.4 Å². The second kappa shape index (κ2) is 6.27. The highest BCUT2D eigenvalue weighted by atomic mass is 19.1. The second-order valence-corrected chi connectivity index (χ2v) is 6.06. The fourth-order valence-corrected chi connectivity index (χ4v) is 3.07. The number of cyclic esters (lactones) is 1. The lowest BCUT2D eigenvalue weighted by atomic mass is 10.1. The van der Waals surface area contributed by atoms with E-state index < -0.39 is 18.0 Å². The lowest BCUT2D eigenvalue weighted by Crippen LogP contribution is -2.25. The number of H-pyrrole nitrogens is 1. The Labute approximate surface area is 147 Å². The summed E-state index contributed by atoms with van der Waals surface area (Å²) in [5.41, 5.74) is 0.815. The normalized spacial score (nSPS) is 16.9. The first-order chi connectivity index (χ1) is 12.6. The summed E-state index contributed by atoms with van der Waals surface area (Å²) in [6.45, 7) is -0.0472. The van der Waals surface area contributed by atoms with Crippen LogP contribution in [0.4, 0.5) is 14.9 Å². The number of aromatic nitrogens is 1. The third kappa shape index (κ3) is 2.72. The Hall–Kier alpha value is -3.19. The second-order valence-electron chi connectivity index (χ2n) is 6.06. The molecule has 1 aromatic heterocycles. The third-order valence-electron chi connectivity index (χ3n) is 4.38. The number of nitrogens with zero attached hydrogens (tertiary/aromatic N) is 1. The molecule has 1 atom stereocenters. The van der Waals surface area contributed by atoms with Gasteiger partial charge in [0.25, 0.3) is 5.56 Å². The number of nitrogens with one attached hydrogen (secondary N) is 1. The van der Waals surface area contributed by atoms with Gasteiger partial charge in [0.2, 0.25) is 0 Å². The van der Waals surface area contributed by atoms with Crippen molar-refractivity contribution in [2.24, 2.45) is 0 Å². The van der Waals surface area contributed by atoms with E-state index in [4.69, 9.17) is 9.84 Å². The topological polar surface area (TPSA) is 82.6 Å². The summed E-state index contributed by atoms with van der Waals surface area (Å²) in [6, 6.07) is 12.9. The molecule has 0 radical (unpaired) electrons. The molecule has 1 fully saturated rings. The van der Waals surface area contributed by atoms with Crippen LogP contribution in [0.15, 0.2) is 53.3 Å². The van der Waals surface area contributed by atoms with Crippen LogP contribution < -0.4 is 10.5 Å². The van der Waals surface area contributed by atoms with Gasteiger partial charge in [0.15, 0.2) is 0 Å². The average molecular weight is 354 g/mol. The molecule has 1 aliphatic heterocycles. The molecule has 4 rings (SSSR count). The highest BCUT2D eigenvalue weighted by molar-refractivity contribution is 5.94. The van der Waals surface area contributed by atoms with Crippen LogP contribution in [0.25, 0.3) is 22.0 Å². The summed E-state index contributed by atoms with van der Waals surface area (Å²) in [5.74, 6) is -0.422. The Morgan fingerprint density at radius 2 is 2.00 bits per heavy atom. The Morgan fingerprint density at radius 1 is 1.19 bits per heavy atom. The Morgan fingerprint density at radius 3 is 2.73 bits per heavy atom. The van der Waals surface area contributed by atoms with Gasteiger partial charge in [-0.15, -0.1) is 0 Å². The zero-order chi connectivity index (χ0) is 18.3. The number of aromatic amines is 1. The van der Waals surface area contributed by atoms with Gasteiger partial charge < -0.3 is 14.8 Å². The minimum Gasteiger partial charge on any atom is -0.441 e. The number of ether oxygens (including phenoxy) is 1. The number of benzene rings is 2. The number of pyridine rings is 1. The Bertz CT molecular complexity index is 1060. The quantitative estimate of drug-likeness (QED) is 0.758. The van der Waals surface area contributed by atoms with Gasteiger partial charge in [-0.25, -0.2) is 9.18 Å². The molecule has 7 heteroatoms. The van der Waals surface area contributed by atoms with Crippen molar-refractivity contribution >= 4 is 22.6 Å². The van der Waals surface area contributed by atoms with Crippen LogP contribution in [-0.2, 0) is 4.74 Å². The molecule has 132 valence electrons. The summed E-state index contributed by atoms with van der Waals surface area (Å²) in [7, 11) is 0. The summed E-state index contributed by atoms with van der Waals surface area (Å²) in [6.07, 6.45) is -1.15. The van der Waals surface area contributed by atoms with Crippen LogP contribution in [0.2, 0.25) is 0 Å². The SMILES string of the molecule is O=C1OC(CO)CN1c1ccc2cc(-c3ccccc3F)[nH]c(=O)c2c1. The molecule has 0 saturated carbocycles. The first kappa shape index (κ1) is 16.3. The summed E-state index contributed by atoms with van der Waals surface area (Å²) in [4.78, 5) is 28.5. The number of hydrogen-bond acceptors (Lipinski definition) is 4. The van der Waals surface area contributed by atoms with E-state index in [1.165, 1.54) is 11.0 Å². The van der Waals surface area contributed by atoms with E-state index in [2.05, 4.69) is 4.98 Å². The predicted molar refractivity (Wildman–Crippen MR) is 94.7 cm³/mol. The molecule has 1 amide bonds. The van der Waals surface area contributed by atoms with Gasteiger partial charge in [0, 0.05) is 16.6 Å². The van der Waals surface area contributed by atoms with Gasteiger partial charge in [-0.3, -0.25) is 9.69 Å². The Balaban J connectivity index is 1.78.